The summed E-state index contributed by atoms with van der Waals surface area (Å²) < 4.78 is 11.2. The van der Waals surface area contributed by atoms with Crippen LogP contribution in [0, 0.1) is 0 Å². The third-order valence-corrected chi connectivity index (χ3v) is 3.87. The SMILES string of the molecule is CCOc1cccnc1NC(=O)/C=C/c1ccc(OCc2ccccc2)cc1. The maximum atomic E-state index is 12.2. The number of aromatic nitrogens is 1. The topological polar surface area (TPSA) is 60.5 Å². The number of anilines is 1. The summed E-state index contributed by atoms with van der Waals surface area (Å²) >= 11 is 0. The zero-order valence-corrected chi connectivity index (χ0v) is 15.7. The third kappa shape index (κ3) is 5.71. The average molecular weight is 374 g/mol. The minimum atomic E-state index is -0.274. The van der Waals surface area contributed by atoms with Gasteiger partial charge in [0, 0.05) is 12.3 Å². The average Bonchev–Trinajstić information content (AvgIpc) is 2.74. The number of hydrogen-bond donors (Lipinski definition) is 1. The molecule has 1 heterocycles. The van der Waals surface area contributed by atoms with Crippen molar-refractivity contribution in [1.29, 1.82) is 0 Å². The number of ether oxygens (including phenoxy) is 2. The maximum absolute atomic E-state index is 12.2. The van der Waals surface area contributed by atoms with E-state index < -0.39 is 0 Å². The lowest BCUT2D eigenvalue weighted by atomic mass is 10.2. The van der Waals surface area contributed by atoms with Crippen molar-refractivity contribution in [3.63, 3.8) is 0 Å². The molecule has 0 saturated heterocycles. The molecule has 0 bridgehead atoms. The Balaban J connectivity index is 1.54. The highest BCUT2D eigenvalue weighted by Gasteiger charge is 2.06. The van der Waals surface area contributed by atoms with Gasteiger partial charge >= 0.3 is 0 Å². The van der Waals surface area contributed by atoms with Crippen LogP contribution in [-0.4, -0.2) is 17.5 Å². The molecule has 1 N–H and O–H groups in total. The molecule has 5 nitrogen and oxygen atoms in total. The summed E-state index contributed by atoms with van der Waals surface area (Å²) in [6, 6.07) is 21.1. The van der Waals surface area contributed by atoms with E-state index in [2.05, 4.69) is 10.3 Å². The van der Waals surface area contributed by atoms with E-state index in [0.29, 0.717) is 24.8 Å². The van der Waals surface area contributed by atoms with E-state index in [1.165, 1.54) is 6.08 Å². The Hall–Kier alpha value is -3.60. The maximum Gasteiger partial charge on any atom is 0.249 e. The van der Waals surface area contributed by atoms with Gasteiger partial charge in [-0.05, 0) is 48.4 Å². The van der Waals surface area contributed by atoms with E-state index in [1.54, 1.807) is 24.4 Å². The van der Waals surface area contributed by atoms with E-state index in [0.717, 1.165) is 16.9 Å². The molecule has 0 aliphatic carbocycles. The van der Waals surface area contributed by atoms with Crippen molar-refractivity contribution in [2.45, 2.75) is 13.5 Å². The summed E-state index contributed by atoms with van der Waals surface area (Å²) in [5.41, 5.74) is 2.01. The predicted octanol–water partition coefficient (Wildman–Crippen LogP) is 4.71. The van der Waals surface area contributed by atoms with E-state index >= 15 is 0 Å². The van der Waals surface area contributed by atoms with Gasteiger partial charge in [-0.1, -0.05) is 42.5 Å². The van der Waals surface area contributed by atoms with Gasteiger partial charge in [-0.3, -0.25) is 4.79 Å². The van der Waals surface area contributed by atoms with Gasteiger partial charge < -0.3 is 14.8 Å². The van der Waals surface area contributed by atoms with Gasteiger partial charge in [0.1, 0.15) is 12.4 Å². The van der Waals surface area contributed by atoms with Gasteiger partial charge in [-0.2, -0.15) is 0 Å². The zero-order chi connectivity index (χ0) is 19.6. The first-order valence-electron chi connectivity index (χ1n) is 9.08. The fourth-order valence-corrected chi connectivity index (χ4v) is 2.50. The van der Waals surface area contributed by atoms with E-state index in [9.17, 15) is 4.79 Å². The first-order chi connectivity index (χ1) is 13.7. The highest BCUT2D eigenvalue weighted by atomic mass is 16.5. The normalized spacial score (nSPS) is 10.6. The second-order valence-electron chi connectivity index (χ2n) is 5.95. The summed E-state index contributed by atoms with van der Waals surface area (Å²) in [4.78, 5) is 16.3. The number of carbonyl (C=O) groups excluding carboxylic acids is 1. The summed E-state index contributed by atoms with van der Waals surface area (Å²) in [7, 11) is 0. The van der Waals surface area contributed by atoms with Crippen LogP contribution in [0.25, 0.3) is 6.08 Å². The highest BCUT2D eigenvalue weighted by Crippen LogP contribution is 2.21. The molecular weight excluding hydrogens is 352 g/mol. The summed E-state index contributed by atoms with van der Waals surface area (Å²) in [5.74, 6) is 1.46. The molecule has 3 rings (SSSR count). The fourth-order valence-electron chi connectivity index (χ4n) is 2.50. The molecule has 0 aliphatic rings. The Morgan fingerprint density at radius 3 is 2.54 bits per heavy atom. The van der Waals surface area contributed by atoms with Crippen LogP contribution >= 0.6 is 0 Å². The van der Waals surface area contributed by atoms with Gasteiger partial charge in [0.05, 0.1) is 6.61 Å². The zero-order valence-electron chi connectivity index (χ0n) is 15.7. The Kier molecular flexibility index (Phi) is 6.79. The molecule has 0 spiro atoms. The van der Waals surface area contributed by atoms with Crippen molar-refractivity contribution in [1.82, 2.24) is 4.98 Å². The minimum Gasteiger partial charge on any atom is -0.490 e. The molecule has 0 aliphatic heterocycles. The Morgan fingerprint density at radius 1 is 1.00 bits per heavy atom. The lowest BCUT2D eigenvalue weighted by molar-refractivity contribution is -0.111. The number of benzene rings is 2. The highest BCUT2D eigenvalue weighted by molar-refractivity contribution is 6.02. The van der Waals surface area contributed by atoms with Crippen LogP contribution in [0.4, 0.5) is 5.82 Å². The van der Waals surface area contributed by atoms with E-state index in [4.69, 9.17) is 9.47 Å². The van der Waals surface area contributed by atoms with Crippen LogP contribution in [-0.2, 0) is 11.4 Å². The summed E-state index contributed by atoms with van der Waals surface area (Å²) in [6.07, 6.45) is 4.81. The molecule has 3 aromatic rings. The first kappa shape index (κ1) is 19.2. The predicted molar refractivity (Wildman–Crippen MR) is 110 cm³/mol. The molecule has 0 unspecified atom stereocenters. The lowest BCUT2D eigenvalue weighted by Crippen LogP contribution is -2.10. The molecule has 0 fully saturated rings. The quantitative estimate of drug-likeness (QED) is 0.580. The van der Waals surface area contributed by atoms with Crippen LogP contribution < -0.4 is 14.8 Å². The van der Waals surface area contributed by atoms with Gasteiger partial charge in [0.2, 0.25) is 5.91 Å². The van der Waals surface area contributed by atoms with Crippen LogP contribution in [0.5, 0.6) is 11.5 Å². The molecule has 0 atom stereocenters. The van der Waals surface area contributed by atoms with E-state index in [-0.39, 0.29) is 5.91 Å². The monoisotopic (exact) mass is 374 g/mol. The molecule has 0 saturated carbocycles. The van der Waals surface area contributed by atoms with Gasteiger partial charge in [0.15, 0.2) is 11.6 Å². The molecule has 0 radical (unpaired) electrons. The molecule has 5 heteroatoms. The second kappa shape index (κ2) is 9.92. The van der Waals surface area contributed by atoms with Crippen molar-refractivity contribution in [2.24, 2.45) is 0 Å². The van der Waals surface area contributed by atoms with Crippen LogP contribution in [0.1, 0.15) is 18.1 Å². The number of nitrogens with zero attached hydrogens (tertiary/aromatic N) is 1. The molecular formula is C23H22N2O3. The Bertz CT molecular complexity index is 922. The number of rotatable bonds is 8. The lowest BCUT2D eigenvalue weighted by Gasteiger charge is -2.08. The molecule has 2 aromatic carbocycles. The Morgan fingerprint density at radius 2 is 1.79 bits per heavy atom. The number of pyridine rings is 1. The fraction of sp³-hybridized carbons (Fsp3) is 0.130. The van der Waals surface area contributed by atoms with Gasteiger partial charge in [-0.25, -0.2) is 4.98 Å². The molecule has 1 amide bonds. The van der Waals surface area contributed by atoms with Crippen LogP contribution in [0.3, 0.4) is 0 Å². The number of nitrogens with one attached hydrogen (secondary N) is 1. The van der Waals surface area contributed by atoms with Crippen LogP contribution in [0.2, 0.25) is 0 Å². The smallest absolute Gasteiger partial charge is 0.249 e. The largest absolute Gasteiger partial charge is 0.490 e. The van der Waals surface area contributed by atoms with Crippen molar-refractivity contribution >= 4 is 17.8 Å². The summed E-state index contributed by atoms with van der Waals surface area (Å²) in [5, 5.41) is 2.73. The van der Waals surface area contributed by atoms with Crippen molar-refractivity contribution < 1.29 is 14.3 Å². The van der Waals surface area contributed by atoms with Gasteiger partial charge in [-0.15, -0.1) is 0 Å². The minimum absolute atomic E-state index is 0.274. The van der Waals surface area contributed by atoms with Crippen molar-refractivity contribution in [3.05, 3.63) is 90.1 Å². The second-order valence-corrected chi connectivity index (χ2v) is 5.95. The molecule has 1 aromatic heterocycles. The van der Waals surface area contributed by atoms with Crippen LogP contribution in [0.15, 0.2) is 79.0 Å². The van der Waals surface area contributed by atoms with E-state index in [1.807, 2.05) is 61.5 Å². The number of carbonyl (C=O) groups is 1. The molecule has 28 heavy (non-hydrogen) atoms. The first-order valence-corrected chi connectivity index (χ1v) is 9.08. The standard InChI is InChI=1S/C23H22N2O3/c1-2-27-21-9-6-16-24-23(21)25-22(26)15-12-18-10-13-20(14-11-18)28-17-19-7-4-3-5-8-19/h3-16H,2,17H2,1H3,(H,24,25,26)/b15-12+. The third-order valence-electron chi connectivity index (χ3n) is 3.87. The Labute approximate surface area is 164 Å². The number of hydrogen-bond acceptors (Lipinski definition) is 4. The number of amides is 1. The summed E-state index contributed by atoms with van der Waals surface area (Å²) in [6.45, 7) is 2.90. The molecule has 142 valence electrons. The van der Waals surface area contributed by atoms with Crippen molar-refractivity contribution in [3.8, 4) is 11.5 Å². The van der Waals surface area contributed by atoms with Crippen molar-refractivity contribution in [2.75, 3.05) is 11.9 Å². The van der Waals surface area contributed by atoms with Gasteiger partial charge in [0.25, 0.3) is 0 Å².